The number of fused-ring (bicyclic) bond motifs is 1. The Morgan fingerprint density at radius 2 is 2.16 bits per heavy atom. The predicted octanol–water partition coefficient (Wildman–Crippen LogP) is 3.15. The van der Waals surface area contributed by atoms with Crippen LogP contribution in [0.1, 0.15) is 48.0 Å². The summed E-state index contributed by atoms with van der Waals surface area (Å²) in [5.41, 5.74) is 1.95. The van der Waals surface area contributed by atoms with E-state index >= 15 is 0 Å². The molecule has 1 fully saturated rings. The van der Waals surface area contributed by atoms with Gasteiger partial charge in [-0.3, -0.25) is 4.79 Å². The Morgan fingerprint density at radius 1 is 1.21 bits per heavy atom. The molecule has 3 nitrogen and oxygen atoms in total. The molecule has 1 heterocycles. The number of carbonyl (C=O) groups is 1. The number of ketones is 1. The first-order valence-electron chi connectivity index (χ1n) is 7.24. The Morgan fingerprint density at radius 3 is 3.00 bits per heavy atom. The number of Topliss-reactive ketones (excluding diaryl/α,β-unsaturated/α-hetero) is 1. The van der Waals surface area contributed by atoms with Crippen LogP contribution in [0.4, 0.5) is 0 Å². The van der Waals surface area contributed by atoms with Gasteiger partial charge in [-0.25, -0.2) is 0 Å². The number of benzene rings is 1. The number of rotatable bonds is 3. The van der Waals surface area contributed by atoms with E-state index in [1.54, 1.807) is 0 Å². The van der Waals surface area contributed by atoms with Crippen LogP contribution in [-0.4, -0.2) is 25.1 Å². The number of carbonyl (C=O) groups excluding carboxylic acids is 1. The quantitative estimate of drug-likeness (QED) is 0.837. The third-order valence-corrected chi connectivity index (χ3v) is 3.96. The largest absolute Gasteiger partial charge is 0.491 e. The van der Waals surface area contributed by atoms with Gasteiger partial charge in [0.1, 0.15) is 12.4 Å². The van der Waals surface area contributed by atoms with Gasteiger partial charge in [-0.1, -0.05) is 12.1 Å². The molecule has 19 heavy (non-hydrogen) atoms. The first-order valence-corrected chi connectivity index (χ1v) is 7.24. The number of ether oxygens (including phenoxy) is 2. The molecule has 0 aromatic heterocycles. The van der Waals surface area contributed by atoms with Crippen molar-refractivity contribution in [3.63, 3.8) is 0 Å². The average molecular weight is 260 g/mol. The summed E-state index contributed by atoms with van der Waals surface area (Å²) in [5, 5.41) is 0. The molecule has 0 saturated carbocycles. The second-order valence-electron chi connectivity index (χ2n) is 5.36. The summed E-state index contributed by atoms with van der Waals surface area (Å²) >= 11 is 0. The lowest BCUT2D eigenvalue weighted by Gasteiger charge is -2.24. The standard InChI is InChI=1S/C16H20O3/c17-15-8-3-7-14-13(15)6-4-9-16(14)19-11-12-5-1-2-10-18-12/h4,6,9,12H,1-3,5,7-8,10-11H2. The second kappa shape index (κ2) is 5.74. The van der Waals surface area contributed by atoms with Crippen molar-refractivity contribution in [2.45, 2.75) is 44.6 Å². The Kier molecular flexibility index (Phi) is 3.83. The molecule has 0 radical (unpaired) electrons. The monoisotopic (exact) mass is 260 g/mol. The molecule has 0 bridgehead atoms. The van der Waals surface area contributed by atoms with Gasteiger partial charge in [0.25, 0.3) is 0 Å². The number of hydrogen-bond donors (Lipinski definition) is 0. The Bertz CT molecular complexity index is 461. The van der Waals surface area contributed by atoms with Gasteiger partial charge in [0.15, 0.2) is 5.78 Å². The Labute approximate surface area is 113 Å². The normalized spacial score (nSPS) is 22.9. The van der Waals surface area contributed by atoms with Gasteiger partial charge in [-0.15, -0.1) is 0 Å². The summed E-state index contributed by atoms with van der Waals surface area (Å²) in [6.07, 6.45) is 6.22. The summed E-state index contributed by atoms with van der Waals surface area (Å²) in [7, 11) is 0. The van der Waals surface area contributed by atoms with E-state index in [4.69, 9.17) is 9.47 Å². The SMILES string of the molecule is O=C1CCCc2c(OCC3CCCCO3)cccc21. The van der Waals surface area contributed by atoms with Gasteiger partial charge in [0.2, 0.25) is 0 Å². The first-order chi connectivity index (χ1) is 9.34. The number of hydrogen-bond acceptors (Lipinski definition) is 3. The molecular formula is C16H20O3. The molecule has 0 amide bonds. The fraction of sp³-hybridized carbons (Fsp3) is 0.562. The molecule has 1 unspecified atom stereocenters. The molecule has 2 aliphatic rings. The van der Waals surface area contributed by atoms with Gasteiger partial charge in [-0.05, 0) is 38.2 Å². The van der Waals surface area contributed by atoms with E-state index in [1.807, 2.05) is 18.2 Å². The average Bonchev–Trinajstić information content (AvgIpc) is 2.47. The zero-order valence-electron chi connectivity index (χ0n) is 11.2. The minimum Gasteiger partial charge on any atom is -0.491 e. The van der Waals surface area contributed by atoms with E-state index < -0.39 is 0 Å². The molecule has 1 aliphatic heterocycles. The highest BCUT2D eigenvalue weighted by molar-refractivity contribution is 5.99. The van der Waals surface area contributed by atoms with Crippen molar-refractivity contribution < 1.29 is 14.3 Å². The highest BCUT2D eigenvalue weighted by Gasteiger charge is 2.21. The van der Waals surface area contributed by atoms with Crippen molar-refractivity contribution in [2.75, 3.05) is 13.2 Å². The lowest BCUT2D eigenvalue weighted by molar-refractivity contribution is -0.0112. The second-order valence-corrected chi connectivity index (χ2v) is 5.36. The molecule has 1 atom stereocenters. The van der Waals surface area contributed by atoms with Gasteiger partial charge in [0.05, 0.1) is 6.10 Å². The van der Waals surface area contributed by atoms with Gasteiger partial charge < -0.3 is 9.47 Å². The predicted molar refractivity (Wildman–Crippen MR) is 72.8 cm³/mol. The van der Waals surface area contributed by atoms with E-state index in [0.717, 1.165) is 49.2 Å². The van der Waals surface area contributed by atoms with E-state index in [1.165, 1.54) is 6.42 Å². The van der Waals surface area contributed by atoms with E-state index in [9.17, 15) is 4.79 Å². The van der Waals surface area contributed by atoms with Crippen molar-refractivity contribution >= 4 is 5.78 Å². The maximum atomic E-state index is 11.9. The maximum absolute atomic E-state index is 11.9. The van der Waals surface area contributed by atoms with Crippen molar-refractivity contribution in [3.8, 4) is 5.75 Å². The molecular weight excluding hydrogens is 240 g/mol. The van der Waals surface area contributed by atoms with Crippen molar-refractivity contribution in [3.05, 3.63) is 29.3 Å². The molecule has 0 spiro atoms. The summed E-state index contributed by atoms with van der Waals surface area (Å²) in [5.74, 6) is 1.13. The van der Waals surface area contributed by atoms with Crippen molar-refractivity contribution in [1.82, 2.24) is 0 Å². The van der Waals surface area contributed by atoms with E-state index in [0.29, 0.717) is 13.0 Å². The topological polar surface area (TPSA) is 35.5 Å². The van der Waals surface area contributed by atoms with Gasteiger partial charge in [0, 0.05) is 24.2 Å². The molecule has 102 valence electrons. The summed E-state index contributed by atoms with van der Waals surface area (Å²) < 4.78 is 11.6. The lowest BCUT2D eigenvalue weighted by Crippen LogP contribution is -2.26. The van der Waals surface area contributed by atoms with Crippen LogP contribution < -0.4 is 4.74 Å². The van der Waals surface area contributed by atoms with Crippen molar-refractivity contribution in [1.29, 1.82) is 0 Å². The van der Waals surface area contributed by atoms with Gasteiger partial charge in [-0.2, -0.15) is 0 Å². The minimum absolute atomic E-state index is 0.212. The zero-order chi connectivity index (χ0) is 13.1. The summed E-state index contributed by atoms with van der Waals surface area (Å²) in [6, 6.07) is 5.81. The smallest absolute Gasteiger partial charge is 0.163 e. The molecule has 1 aromatic rings. The molecule has 3 heteroatoms. The van der Waals surface area contributed by atoms with Crippen LogP contribution in [0.2, 0.25) is 0 Å². The molecule has 0 N–H and O–H groups in total. The highest BCUT2D eigenvalue weighted by Crippen LogP contribution is 2.30. The Hall–Kier alpha value is -1.35. The third-order valence-electron chi connectivity index (χ3n) is 3.96. The maximum Gasteiger partial charge on any atom is 0.163 e. The van der Waals surface area contributed by atoms with E-state index in [2.05, 4.69) is 0 Å². The highest BCUT2D eigenvalue weighted by atomic mass is 16.5. The van der Waals surface area contributed by atoms with Gasteiger partial charge >= 0.3 is 0 Å². The fourth-order valence-corrected chi connectivity index (χ4v) is 2.90. The summed E-state index contributed by atoms with van der Waals surface area (Å²) in [4.78, 5) is 11.9. The minimum atomic E-state index is 0.212. The molecule has 1 aliphatic carbocycles. The lowest BCUT2D eigenvalue weighted by atomic mass is 9.90. The van der Waals surface area contributed by atoms with Crippen molar-refractivity contribution in [2.24, 2.45) is 0 Å². The van der Waals surface area contributed by atoms with Crippen LogP contribution in [0.25, 0.3) is 0 Å². The van der Waals surface area contributed by atoms with Crippen LogP contribution in [0.5, 0.6) is 5.75 Å². The first kappa shape index (κ1) is 12.7. The van der Waals surface area contributed by atoms with Crippen LogP contribution >= 0.6 is 0 Å². The molecule has 1 saturated heterocycles. The Balaban J connectivity index is 1.70. The summed E-state index contributed by atoms with van der Waals surface area (Å²) in [6.45, 7) is 1.45. The van der Waals surface area contributed by atoms with Crippen LogP contribution in [0.15, 0.2) is 18.2 Å². The molecule has 3 rings (SSSR count). The van der Waals surface area contributed by atoms with E-state index in [-0.39, 0.29) is 11.9 Å². The fourth-order valence-electron chi connectivity index (χ4n) is 2.90. The zero-order valence-corrected chi connectivity index (χ0v) is 11.2. The van der Waals surface area contributed by atoms with Crippen LogP contribution in [-0.2, 0) is 11.2 Å². The van der Waals surface area contributed by atoms with Crippen LogP contribution in [0.3, 0.4) is 0 Å². The molecule has 1 aromatic carbocycles. The third kappa shape index (κ3) is 2.81. The van der Waals surface area contributed by atoms with Crippen LogP contribution in [0, 0.1) is 0 Å².